The predicted octanol–water partition coefficient (Wildman–Crippen LogP) is 2.43. The Morgan fingerprint density at radius 2 is 2.04 bits per heavy atom. The van der Waals surface area contributed by atoms with Gasteiger partial charge in [-0.25, -0.2) is 0 Å². The molecule has 2 aliphatic heterocycles. The van der Waals surface area contributed by atoms with E-state index in [-0.39, 0.29) is 18.3 Å². The van der Waals surface area contributed by atoms with Gasteiger partial charge >= 0.3 is 0 Å². The van der Waals surface area contributed by atoms with Gasteiger partial charge in [-0.05, 0) is 36.8 Å². The van der Waals surface area contributed by atoms with Crippen molar-refractivity contribution in [3.63, 3.8) is 0 Å². The van der Waals surface area contributed by atoms with E-state index in [4.69, 9.17) is 10.5 Å². The summed E-state index contributed by atoms with van der Waals surface area (Å²) in [5, 5.41) is 0. The Labute approximate surface area is 144 Å². The van der Waals surface area contributed by atoms with E-state index in [1.165, 1.54) is 5.56 Å². The summed E-state index contributed by atoms with van der Waals surface area (Å²) in [7, 11) is 0. The summed E-state index contributed by atoms with van der Waals surface area (Å²) in [6.45, 7) is 3.93. The third kappa shape index (κ3) is 4.46. The molecular weight excluding hydrogens is 312 g/mol. The molecule has 2 N–H and O–H groups in total. The van der Waals surface area contributed by atoms with Crippen LogP contribution in [0.15, 0.2) is 30.3 Å². The molecule has 128 valence electrons. The molecule has 2 fully saturated rings. The molecule has 5 heteroatoms. The molecule has 2 saturated heterocycles. The van der Waals surface area contributed by atoms with Crippen LogP contribution in [0, 0.1) is 11.8 Å². The number of nitrogens with zero attached hydrogens (tertiary/aromatic N) is 1. The summed E-state index contributed by atoms with van der Waals surface area (Å²) in [5.74, 6) is 1.61. The Morgan fingerprint density at radius 1 is 1.26 bits per heavy atom. The van der Waals surface area contributed by atoms with E-state index in [0.717, 1.165) is 39.1 Å². The van der Waals surface area contributed by atoms with Gasteiger partial charge in [-0.1, -0.05) is 30.3 Å². The highest BCUT2D eigenvalue weighted by Crippen LogP contribution is 2.32. The van der Waals surface area contributed by atoms with Crippen LogP contribution in [0.5, 0.6) is 0 Å². The van der Waals surface area contributed by atoms with E-state index in [2.05, 4.69) is 24.3 Å². The number of benzene rings is 1. The van der Waals surface area contributed by atoms with Gasteiger partial charge in [0.05, 0.1) is 0 Å². The zero-order valence-corrected chi connectivity index (χ0v) is 14.3. The Bertz CT molecular complexity index is 491. The number of hydrogen-bond donors (Lipinski definition) is 1. The number of nitrogens with two attached hydrogens (primary N) is 1. The van der Waals surface area contributed by atoms with Crippen LogP contribution in [0.2, 0.25) is 0 Å². The van der Waals surface area contributed by atoms with Crippen molar-refractivity contribution in [1.82, 2.24) is 4.90 Å². The van der Waals surface area contributed by atoms with E-state index >= 15 is 0 Å². The predicted molar refractivity (Wildman–Crippen MR) is 93.7 cm³/mol. The zero-order valence-electron chi connectivity index (χ0n) is 13.5. The highest BCUT2D eigenvalue weighted by atomic mass is 35.5. The summed E-state index contributed by atoms with van der Waals surface area (Å²) >= 11 is 0. The molecule has 3 rings (SSSR count). The maximum atomic E-state index is 12.5. The van der Waals surface area contributed by atoms with Crippen LogP contribution in [0.25, 0.3) is 0 Å². The Hall–Kier alpha value is -1.10. The number of ether oxygens (including phenoxy) is 1. The number of likely N-dealkylation sites (tertiary alicyclic amines) is 1. The van der Waals surface area contributed by atoms with E-state index in [1.54, 1.807) is 0 Å². The van der Waals surface area contributed by atoms with Crippen LogP contribution >= 0.6 is 12.4 Å². The Balaban J connectivity index is 0.00000192. The van der Waals surface area contributed by atoms with Crippen LogP contribution in [0.4, 0.5) is 0 Å². The second-order valence-corrected chi connectivity index (χ2v) is 6.58. The first-order valence-corrected chi connectivity index (χ1v) is 8.38. The first-order chi connectivity index (χ1) is 10.8. The lowest BCUT2D eigenvalue weighted by Gasteiger charge is -2.17. The average Bonchev–Trinajstić information content (AvgIpc) is 3.22. The second kappa shape index (κ2) is 8.67. The van der Waals surface area contributed by atoms with Crippen molar-refractivity contribution in [3.8, 4) is 0 Å². The lowest BCUT2D eigenvalue weighted by Crippen LogP contribution is -2.30. The molecule has 0 saturated carbocycles. The van der Waals surface area contributed by atoms with E-state index < -0.39 is 0 Å². The molecule has 0 radical (unpaired) electrons. The number of halogens is 1. The number of carbonyl (C=O) groups excluding carboxylic acids is 1. The molecule has 3 atom stereocenters. The number of rotatable bonds is 5. The third-order valence-corrected chi connectivity index (χ3v) is 5.11. The topological polar surface area (TPSA) is 55.6 Å². The minimum atomic E-state index is 0. The van der Waals surface area contributed by atoms with E-state index in [1.807, 2.05) is 11.0 Å². The van der Waals surface area contributed by atoms with Crippen molar-refractivity contribution >= 4 is 18.3 Å². The van der Waals surface area contributed by atoms with Gasteiger partial charge in [-0.15, -0.1) is 12.4 Å². The summed E-state index contributed by atoms with van der Waals surface area (Å²) in [6, 6.07) is 10.5. The van der Waals surface area contributed by atoms with Gasteiger partial charge < -0.3 is 15.4 Å². The Morgan fingerprint density at radius 3 is 2.70 bits per heavy atom. The fourth-order valence-electron chi connectivity index (χ4n) is 3.69. The SMILES string of the molecule is Cl.NC[C@@H]1CN(C(=O)CCC2CCOC2)C[C@H]1c1ccccc1. The summed E-state index contributed by atoms with van der Waals surface area (Å²) < 4.78 is 5.38. The molecule has 1 unspecified atom stereocenters. The molecule has 0 aliphatic carbocycles. The molecule has 1 amide bonds. The van der Waals surface area contributed by atoms with Gasteiger partial charge in [0.1, 0.15) is 0 Å². The molecule has 0 spiro atoms. The molecular formula is C18H27ClN2O2. The Kier molecular flexibility index (Phi) is 6.88. The summed E-state index contributed by atoms with van der Waals surface area (Å²) in [6.07, 6.45) is 2.71. The minimum absolute atomic E-state index is 0. The summed E-state index contributed by atoms with van der Waals surface area (Å²) in [4.78, 5) is 14.5. The lowest BCUT2D eigenvalue weighted by molar-refractivity contribution is -0.130. The second-order valence-electron chi connectivity index (χ2n) is 6.58. The number of amides is 1. The monoisotopic (exact) mass is 338 g/mol. The van der Waals surface area contributed by atoms with Gasteiger partial charge in [0.2, 0.25) is 5.91 Å². The quantitative estimate of drug-likeness (QED) is 0.897. The standard InChI is InChI=1S/C18H26N2O2.ClH/c19-10-16-11-20(12-17(16)15-4-2-1-3-5-15)18(21)7-6-14-8-9-22-13-14;/h1-5,14,16-17H,6-13,19H2;1H/t14?,16-,17+;/m1./s1. The first kappa shape index (κ1) is 18.2. The molecule has 0 aromatic heterocycles. The molecule has 1 aromatic rings. The first-order valence-electron chi connectivity index (χ1n) is 8.38. The number of hydrogen-bond acceptors (Lipinski definition) is 3. The molecule has 1 aromatic carbocycles. The van der Waals surface area contributed by atoms with Crippen molar-refractivity contribution in [2.24, 2.45) is 17.6 Å². The molecule has 2 heterocycles. The van der Waals surface area contributed by atoms with Gasteiger partial charge in [0.25, 0.3) is 0 Å². The highest BCUT2D eigenvalue weighted by molar-refractivity contribution is 5.85. The van der Waals surface area contributed by atoms with Crippen molar-refractivity contribution in [3.05, 3.63) is 35.9 Å². The lowest BCUT2D eigenvalue weighted by atomic mass is 9.89. The third-order valence-electron chi connectivity index (χ3n) is 5.11. The van der Waals surface area contributed by atoms with Crippen LogP contribution in [0.1, 0.15) is 30.7 Å². The van der Waals surface area contributed by atoms with Crippen LogP contribution in [-0.4, -0.2) is 43.7 Å². The maximum Gasteiger partial charge on any atom is 0.222 e. The van der Waals surface area contributed by atoms with Crippen molar-refractivity contribution in [2.75, 3.05) is 32.8 Å². The largest absolute Gasteiger partial charge is 0.381 e. The van der Waals surface area contributed by atoms with Crippen molar-refractivity contribution in [1.29, 1.82) is 0 Å². The fourth-order valence-corrected chi connectivity index (χ4v) is 3.69. The number of carbonyl (C=O) groups is 1. The molecule has 2 aliphatic rings. The highest BCUT2D eigenvalue weighted by Gasteiger charge is 2.35. The minimum Gasteiger partial charge on any atom is -0.381 e. The maximum absolute atomic E-state index is 12.5. The molecule has 23 heavy (non-hydrogen) atoms. The van der Waals surface area contributed by atoms with Crippen molar-refractivity contribution < 1.29 is 9.53 Å². The average molecular weight is 339 g/mol. The van der Waals surface area contributed by atoms with Gasteiger partial charge in [-0.2, -0.15) is 0 Å². The van der Waals surface area contributed by atoms with Crippen molar-refractivity contribution in [2.45, 2.75) is 25.2 Å². The van der Waals surface area contributed by atoms with E-state index in [0.29, 0.717) is 30.7 Å². The zero-order chi connectivity index (χ0) is 15.4. The summed E-state index contributed by atoms with van der Waals surface area (Å²) in [5.41, 5.74) is 7.25. The molecule has 0 bridgehead atoms. The van der Waals surface area contributed by atoms with Crippen LogP contribution < -0.4 is 5.73 Å². The molecule has 4 nitrogen and oxygen atoms in total. The van der Waals surface area contributed by atoms with Gasteiger partial charge in [0, 0.05) is 38.6 Å². The van der Waals surface area contributed by atoms with Crippen LogP contribution in [-0.2, 0) is 9.53 Å². The van der Waals surface area contributed by atoms with Gasteiger partial charge in [-0.3, -0.25) is 4.79 Å². The normalized spacial score (nSPS) is 27.0. The smallest absolute Gasteiger partial charge is 0.222 e. The fraction of sp³-hybridized carbons (Fsp3) is 0.611. The van der Waals surface area contributed by atoms with Crippen LogP contribution in [0.3, 0.4) is 0 Å². The van der Waals surface area contributed by atoms with Gasteiger partial charge in [0.15, 0.2) is 0 Å². The van der Waals surface area contributed by atoms with E-state index in [9.17, 15) is 4.79 Å².